The van der Waals surface area contributed by atoms with Gasteiger partial charge in [0.1, 0.15) is 10.1 Å². The first-order chi connectivity index (χ1) is 13.1. The lowest BCUT2D eigenvalue weighted by atomic mass is 10.0. The van der Waals surface area contributed by atoms with Crippen LogP contribution < -0.4 is 4.74 Å². The number of hydrogen-bond donors (Lipinski definition) is 0. The smallest absolute Gasteiger partial charge is 0.343 e. The van der Waals surface area contributed by atoms with E-state index in [1.54, 1.807) is 17.0 Å². The molecule has 1 aliphatic heterocycles. The summed E-state index contributed by atoms with van der Waals surface area (Å²) in [6, 6.07) is 7.21. The van der Waals surface area contributed by atoms with E-state index >= 15 is 0 Å². The second kappa shape index (κ2) is 9.37. The van der Waals surface area contributed by atoms with Crippen LogP contribution in [0.1, 0.15) is 37.7 Å². The highest BCUT2D eigenvalue weighted by Crippen LogP contribution is 2.34. The first-order valence-electron chi connectivity index (χ1n) is 9.12. The maximum atomic E-state index is 12.7. The van der Waals surface area contributed by atoms with Gasteiger partial charge in [0.2, 0.25) is 0 Å². The number of esters is 1. The minimum Gasteiger partial charge on any atom is -0.482 e. The average molecular weight is 406 g/mol. The van der Waals surface area contributed by atoms with E-state index < -0.39 is 5.97 Å². The SMILES string of the molecule is COC(=O)COc1ccc(C=C2SC(=S)N(CCC3CCCC3)C2=O)cc1. The third kappa shape index (κ3) is 5.32. The molecule has 2 fully saturated rings. The predicted octanol–water partition coefficient (Wildman–Crippen LogP) is 4.02. The third-order valence-corrected chi connectivity index (χ3v) is 6.25. The van der Waals surface area contributed by atoms with Gasteiger partial charge in [0, 0.05) is 6.54 Å². The van der Waals surface area contributed by atoms with Crippen molar-refractivity contribution in [3.05, 3.63) is 34.7 Å². The van der Waals surface area contributed by atoms with Crippen molar-refractivity contribution in [2.75, 3.05) is 20.3 Å². The second-order valence-corrected chi connectivity index (χ2v) is 8.38. The average Bonchev–Trinajstić information content (AvgIpc) is 3.28. The molecule has 0 unspecified atom stereocenters. The van der Waals surface area contributed by atoms with Crippen LogP contribution in [-0.2, 0) is 14.3 Å². The Morgan fingerprint density at radius 2 is 2.00 bits per heavy atom. The van der Waals surface area contributed by atoms with Crippen molar-refractivity contribution in [2.24, 2.45) is 5.92 Å². The van der Waals surface area contributed by atoms with Crippen LogP contribution in [0.15, 0.2) is 29.2 Å². The van der Waals surface area contributed by atoms with Crippen molar-refractivity contribution < 1.29 is 19.1 Å². The van der Waals surface area contributed by atoms with Crippen LogP contribution in [0.4, 0.5) is 0 Å². The monoisotopic (exact) mass is 405 g/mol. The van der Waals surface area contributed by atoms with Crippen molar-refractivity contribution in [2.45, 2.75) is 32.1 Å². The van der Waals surface area contributed by atoms with Gasteiger partial charge in [-0.3, -0.25) is 9.69 Å². The van der Waals surface area contributed by atoms with Crippen LogP contribution in [0.5, 0.6) is 5.75 Å². The number of thiocarbonyl (C=S) groups is 1. The van der Waals surface area contributed by atoms with E-state index in [4.69, 9.17) is 17.0 Å². The summed E-state index contributed by atoms with van der Waals surface area (Å²) >= 11 is 6.76. The van der Waals surface area contributed by atoms with E-state index in [0.717, 1.165) is 17.9 Å². The molecule has 0 N–H and O–H groups in total. The molecule has 3 rings (SSSR count). The number of thioether (sulfide) groups is 1. The van der Waals surface area contributed by atoms with Crippen molar-refractivity contribution in [1.29, 1.82) is 0 Å². The molecule has 1 saturated carbocycles. The summed E-state index contributed by atoms with van der Waals surface area (Å²) in [6.45, 7) is 0.586. The Morgan fingerprint density at radius 3 is 2.67 bits per heavy atom. The minimum atomic E-state index is -0.430. The van der Waals surface area contributed by atoms with E-state index in [2.05, 4.69) is 4.74 Å². The Balaban J connectivity index is 1.58. The number of benzene rings is 1. The van der Waals surface area contributed by atoms with Crippen LogP contribution in [0.2, 0.25) is 0 Å². The molecule has 2 aliphatic rings. The predicted molar refractivity (Wildman–Crippen MR) is 110 cm³/mol. The fraction of sp³-hybridized carbons (Fsp3) is 0.450. The normalized spacial score (nSPS) is 19.1. The van der Waals surface area contributed by atoms with Gasteiger partial charge in [-0.1, -0.05) is 61.8 Å². The van der Waals surface area contributed by atoms with Gasteiger partial charge in [0.15, 0.2) is 6.61 Å². The fourth-order valence-corrected chi connectivity index (χ4v) is 4.62. The maximum Gasteiger partial charge on any atom is 0.343 e. The van der Waals surface area contributed by atoms with E-state index in [1.165, 1.54) is 44.6 Å². The highest BCUT2D eigenvalue weighted by molar-refractivity contribution is 8.26. The first-order valence-corrected chi connectivity index (χ1v) is 10.3. The molecule has 0 bridgehead atoms. The molecule has 0 radical (unpaired) electrons. The minimum absolute atomic E-state index is 0.00554. The third-order valence-electron chi connectivity index (χ3n) is 4.87. The highest BCUT2D eigenvalue weighted by atomic mass is 32.2. The van der Waals surface area contributed by atoms with Gasteiger partial charge < -0.3 is 9.47 Å². The summed E-state index contributed by atoms with van der Waals surface area (Å²) in [5, 5.41) is 0. The number of carbonyl (C=O) groups is 2. The van der Waals surface area contributed by atoms with Crippen LogP contribution >= 0.6 is 24.0 Å². The molecule has 1 aliphatic carbocycles. The summed E-state index contributed by atoms with van der Waals surface area (Å²) in [5.41, 5.74) is 0.886. The van der Waals surface area contributed by atoms with Crippen molar-refractivity contribution >= 4 is 46.3 Å². The van der Waals surface area contributed by atoms with E-state index in [9.17, 15) is 9.59 Å². The Morgan fingerprint density at radius 1 is 1.30 bits per heavy atom. The molecule has 144 valence electrons. The molecule has 0 spiro atoms. The summed E-state index contributed by atoms with van der Waals surface area (Å²) in [7, 11) is 1.32. The van der Waals surface area contributed by atoms with Gasteiger partial charge in [0.25, 0.3) is 5.91 Å². The molecule has 1 amide bonds. The largest absolute Gasteiger partial charge is 0.482 e. The van der Waals surface area contributed by atoms with Gasteiger partial charge in [-0.25, -0.2) is 4.79 Å². The number of hydrogen-bond acceptors (Lipinski definition) is 6. The summed E-state index contributed by atoms with van der Waals surface area (Å²) in [6.07, 6.45) is 8.04. The van der Waals surface area contributed by atoms with Gasteiger partial charge in [-0.05, 0) is 36.1 Å². The Hall–Kier alpha value is -1.86. The van der Waals surface area contributed by atoms with Gasteiger partial charge in [0.05, 0.1) is 12.0 Å². The van der Waals surface area contributed by atoms with Crippen molar-refractivity contribution in [3.8, 4) is 5.75 Å². The molecule has 1 heterocycles. The molecule has 27 heavy (non-hydrogen) atoms. The van der Waals surface area contributed by atoms with Gasteiger partial charge >= 0.3 is 5.97 Å². The lowest BCUT2D eigenvalue weighted by molar-refractivity contribution is -0.142. The summed E-state index contributed by atoms with van der Waals surface area (Å²) < 4.78 is 10.5. The molecular weight excluding hydrogens is 382 g/mol. The first kappa shape index (κ1) is 19.9. The van der Waals surface area contributed by atoms with Crippen molar-refractivity contribution in [3.63, 3.8) is 0 Å². The topological polar surface area (TPSA) is 55.8 Å². The zero-order valence-electron chi connectivity index (χ0n) is 15.3. The fourth-order valence-electron chi connectivity index (χ4n) is 3.32. The summed E-state index contributed by atoms with van der Waals surface area (Å²) in [5.74, 6) is 0.868. The molecule has 0 aromatic heterocycles. The lowest BCUT2D eigenvalue weighted by Crippen LogP contribution is -2.30. The summed E-state index contributed by atoms with van der Waals surface area (Å²) in [4.78, 5) is 26.2. The second-order valence-electron chi connectivity index (χ2n) is 6.71. The Bertz CT molecular complexity index is 739. The number of nitrogens with zero attached hydrogens (tertiary/aromatic N) is 1. The number of rotatable bonds is 7. The zero-order chi connectivity index (χ0) is 19.2. The maximum absolute atomic E-state index is 12.7. The zero-order valence-corrected chi connectivity index (χ0v) is 16.9. The van der Waals surface area contributed by atoms with Crippen LogP contribution in [-0.4, -0.2) is 41.4 Å². The van der Waals surface area contributed by atoms with Crippen LogP contribution in [0.3, 0.4) is 0 Å². The molecule has 1 aromatic rings. The van der Waals surface area contributed by atoms with E-state index in [0.29, 0.717) is 21.5 Å². The molecule has 0 atom stereocenters. The van der Waals surface area contributed by atoms with Crippen LogP contribution in [0.25, 0.3) is 6.08 Å². The van der Waals surface area contributed by atoms with Crippen molar-refractivity contribution in [1.82, 2.24) is 4.90 Å². The lowest BCUT2D eigenvalue weighted by Gasteiger charge is -2.17. The molecule has 1 saturated heterocycles. The quantitative estimate of drug-likeness (QED) is 0.388. The molecule has 1 aromatic carbocycles. The Labute approximate surface area is 169 Å². The number of carbonyl (C=O) groups excluding carboxylic acids is 2. The molecule has 7 heteroatoms. The highest BCUT2D eigenvalue weighted by Gasteiger charge is 2.32. The van der Waals surface area contributed by atoms with Gasteiger partial charge in [-0.2, -0.15) is 0 Å². The Kier molecular flexibility index (Phi) is 6.90. The van der Waals surface area contributed by atoms with E-state index in [1.807, 2.05) is 18.2 Å². The van der Waals surface area contributed by atoms with Gasteiger partial charge in [-0.15, -0.1) is 0 Å². The number of amides is 1. The van der Waals surface area contributed by atoms with E-state index in [-0.39, 0.29) is 12.5 Å². The van der Waals surface area contributed by atoms with Crippen LogP contribution in [0, 0.1) is 5.92 Å². The number of methoxy groups -OCH3 is 1. The molecular formula is C20H23NO4S2. The molecule has 5 nitrogen and oxygen atoms in total. The number of ether oxygens (including phenoxy) is 2. The standard InChI is InChI=1S/C20H23NO4S2/c1-24-18(22)13-25-16-8-6-15(7-9-16)12-17-19(23)21(20(26)27-17)11-10-14-4-2-3-5-14/h6-9,12,14H,2-5,10-11,13H2,1H3.